The number of aliphatic hydroxyl groups is 1. The van der Waals surface area contributed by atoms with Crippen molar-refractivity contribution in [2.75, 3.05) is 7.11 Å². The molecule has 0 aliphatic rings. The molecule has 1 atom stereocenters. The average Bonchev–Trinajstić information content (AvgIpc) is 2.39. The summed E-state index contributed by atoms with van der Waals surface area (Å²) in [6.45, 7) is 1.74. The van der Waals surface area contributed by atoms with E-state index >= 15 is 0 Å². The van der Waals surface area contributed by atoms with Crippen LogP contribution in [-0.4, -0.2) is 12.2 Å². The number of aliphatic hydroxyl groups excluding tert-OH is 1. The molecule has 0 aromatic heterocycles. The standard InChI is InChI=1S/C15H16O2/c1-11(16)14-10-13(8-9-15(14)17-2)12-6-4-3-5-7-12/h3-11,16H,1-2H3/t11-/m0/s1. The third-order valence-electron chi connectivity index (χ3n) is 2.79. The summed E-state index contributed by atoms with van der Waals surface area (Å²) >= 11 is 0. The zero-order valence-electron chi connectivity index (χ0n) is 10.1. The van der Waals surface area contributed by atoms with Gasteiger partial charge >= 0.3 is 0 Å². The molecule has 2 nitrogen and oxygen atoms in total. The predicted molar refractivity (Wildman–Crippen MR) is 69.1 cm³/mol. The molecule has 0 saturated carbocycles. The van der Waals surface area contributed by atoms with Gasteiger partial charge in [-0.25, -0.2) is 0 Å². The minimum atomic E-state index is -0.534. The lowest BCUT2D eigenvalue weighted by molar-refractivity contribution is 0.194. The average molecular weight is 228 g/mol. The predicted octanol–water partition coefficient (Wildman–Crippen LogP) is 3.42. The molecule has 0 saturated heterocycles. The van der Waals surface area contributed by atoms with Gasteiger partial charge in [0.1, 0.15) is 5.75 Å². The van der Waals surface area contributed by atoms with E-state index in [0.717, 1.165) is 22.4 Å². The van der Waals surface area contributed by atoms with Crippen molar-refractivity contribution in [3.63, 3.8) is 0 Å². The van der Waals surface area contributed by atoms with Crippen LogP contribution in [0.2, 0.25) is 0 Å². The molecule has 1 N–H and O–H groups in total. The summed E-state index contributed by atoms with van der Waals surface area (Å²) in [6.07, 6.45) is -0.534. The van der Waals surface area contributed by atoms with E-state index in [4.69, 9.17) is 4.74 Å². The minimum absolute atomic E-state index is 0.534. The Kier molecular flexibility index (Phi) is 3.45. The molecule has 0 bridgehead atoms. The summed E-state index contributed by atoms with van der Waals surface area (Å²) in [6, 6.07) is 16.0. The lowest BCUT2D eigenvalue weighted by Crippen LogP contribution is -1.96. The van der Waals surface area contributed by atoms with E-state index in [1.807, 2.05) is 48.5 Å². The van der Waals surface area contributed by atoms with Crippen LogP contribution in [0.15, 0.2) is 48.5 Å². The first-order valence-corrected chi connectivity index (χ1v) is 5.64. The van der Waals surface area contributed by atoms with Crippen molar-refractivity contribution in [1.29, 1.82) is 0 Å². The fourth-order valence-electron chi connectivity index (χ4n) is 1.87. The van der Waals surface area contributed by atoms with Gasteiger partial charge < -0.3 is 9.84 Å². The largest absolute Gasteiger partial charge is 0.496 e. The van der Waals surface area contributed by atoms with Crippen LogP contribution < -0.4 is 4.74 Å². The van der Waals surface area contributed by atoms with Crippen molar-refractivity contribution in [3.05, 3.63) is 54.1 Å². The molecule has 2 rings (SSSR count). The highest BCUT2D eigenvalue weighted by Crippen LogP contribution is 2.30. The van der Waals surface area contributed by atoms with Crippen LogP contribution in [0, 0.1) is 0 Å². The van der Waals surface area contributed by atoms with Gasteiger partial charge in [0, 0.05) is 5.56 Å². The molecule has 88 valence electrons. The Morgan fingerprint density at radius 2 is 1.71 bits per heavy atom. The molecule has 0 aliphatic carbocycles. The highest BCUT2D eigenvalue weighted by molar-refractivity contribution is 5.65. The molecule has 0 radical (unpaired) electrons. The quantitative estimate of drug-likeness (QED) is 0.872. The highest BCUT2D eigenvalue weighted by atomic mass is 16.5. The highest BCUT2D eigenvalue weighted by Gasteiger charge is 2.10. The van der Waals surface area contributed by atoms with E-state index in [1.54, 1.807) is 14.0 Å². The SMILES string of the molecule is COc1ccc(-c2ccccc2)cc1[C@H](C)O. The van der Waals surface area contributed by atoms with Gasteiger partial charge in [0.25, 0.3) is 0 Å². The molecule has 0 aliphatic heterocycles. The van der Waals surface area contributed by atoms with E-state index in [0.29, 0.717) is 0 Å². The van der Waals surface area contributed by atoms with Crippen LogP contribution >= 0.6 is 0 Å². The van der Waals surface area contributed by atoms with E-state index in [9.17, 15) is 5.11 Å². The van der Waals surface area contributed by atoms with Crippen LogP contribution in [0.4, 0.5) is 0 Å². The third-order valence-corrected chi connectivity index (χ3v) is 2.79. The molecule has 0 fully saturated rings. The zero-order valence-corrected chi connectivity index (χ0v) is 10.1. The lowest BCUT2D eigenvalue weighted by atomic mass is 10.0. The van der Waals surface area contributed by atoms with Gasteiger partial charge in [0.2, 0.25) is 0 Å². The fourth-order valence-corrected chi connectivity index (χ4v) is 1.87. The number of hydrogen-bond acceptors (Lipinski definition) is 2. The van der Waals surface area contributed by atoms with Gasteiger partial charge in [-0.3, -0.25) is 0 Å². The summed E-state index contributed by atoms with van der Waals surface area (Å²) in [5.41, 5.74) is 3.04. The van der Waals surface area contributed by atoms with Crippen molar-refractivity contribution in [1.82, 2.24) is 0 Å². The van der Waals surface area contributed by atoms with E-state index in [2.05, 4.69) is 0 Å². The fraction of sp³-hybridized carbons (Fsp3) is 0.200. The first kappa shape index (κ1) is 11.7. The molecule has 2 heteroatoms. The smallest absolute Gasteiger partial charge is 0.124 e. The number of rotatable bonds is 3. The van der Waals surface area contributed by atoms with Gasteiger partial charge in [-0.2, -0.15) is 0 Å². The topological polar surface area (TPSA) is 29.5 Å². The van der Waals surface area contributed by atoms with Crippen molar-refractivity contribution in [3.8, 4) is 16.9 Å². The molecule has 0 unspecified atom stereocenters. The molecule has 2 aromatic carbocycles. The van der Waals surface area contributed by atoms with E-state index in [-0.39, 0.29) is 0 Å². The van der Waals surface area contributed by atoms with Crippen molar-refractivity contribution in [2.24, 2.45) is 0 Å². The molecule has 0 amide bonds. The first-order valence-electron chi connectivity index (χ1n) is 5.64. The summed E-state index contributed by atoms with van der Waals surface area (Å²) in [4.78, 5) is 0. The maximum Gasteiger partial charge on any atom is 0.124 e. The Hall–Kier alpha value is -1.80. The third kappa shape index (κ3) is 2.48. The second-order valence-corrected chi connectivity index (χ2v) is 4.00. The van der Waals surface area contributed by atoms with Crippen molar-refractivity contribution >= 4 is 0 Å². The van der Waals surface area contributed by atoms with E-state index < -0.39 is 6.10 Å². The Bertz CT molecular complexity index is 490. The normalized spacial score (nSPS) is 12.2. The van der Waals surface area contributed by atoms with Gasteiger partial charge in [-0.15, -0.1) is 0 Å². The van der Waals surface area contributed by atoms with Gasteiger partial charge in [-0.05, 0) is 30.2 Å². The van der Waals surface area contributed by atoms with Crippen LogP contribution in [0.1, 0.15) is 18.6 Å². The Balaban J connectivity index is 2.48. The van der Waals surface area contributed by atoms with Crippen molar-refractivity contribution < 1.29 is 9.84 Å². The zero-order chi connectivity index (χ0) is 12.3. The summed E-state index contributed by atoms with van der Waals surface area (Å²) in [7, 11) is 1.61. The second-order valence-electron chi connectivity index (χ2n) is 4.00. The monoisotopic (exact) mass is 228 g/mol. The Labute approximate surface area is 101 Å². The van der Waals surface area contributed by atoms with Crippen LogP contribution in [0.25, 0.3) is 11.1 Å². The molecule has 2 aromatic rings. The van der Waals surface area contributed by atoms with Crippen molar-refractivity contribution in [2.45, 2.75) is 13.0 Å². The number of hydrogen-bond donors (Lipinski definition) is 1. The maximum atomic E-state index is 9.73. The number of methoxy groups -OCH3 is 1. The maximum absolute atomic E-state index is 9.73. The number of ether oxygens (including phenoxy) is 1. The Morgan fingerprint density at radius 3 is 2.29 bits per heavy atom. The molecule has 0 heterocycles. The minimum Gasteiger partial charge on any atom is -0.496 e. The first-order chi connectivity index (χ1) is 8.22. The van der Waals surface area contributed by atoms with Gasteiger partial charge in [-0.1, -0.05) is 36.4 Å². The van der Waals surface area contributed by atoms with Crippen LogP contribution in [0.5, 0.6) is 5.75 Å². The summed E-state index contributed by atoms with van der Waals surface area (Å²) in [5.74, 6) is 0.722. The molecular weight excluding hydrogens is 212 g/mol. The molecular formula is C15H16O2. The lowest BCUT2D eigenvalue weighted by Gasteiger charge is -2.13. The van der Waals surface area contributed by atoms with Crippen LogP contribution in [0.3, 0.4) is 0 Å². The molecule has 17 heavy (non-hydrogen) atoms. The number of benzene rings is 2. The van der Waals surface area contributed by atoms with Crippen LogP contribution in [-0.2, 0) is 0 Å². The summed E-state index contributed by atoms with van der Waals surface area (Å²) < 4.78 is 5.24. The second kappa shape index (κ2) is 5.02. The Morgan fingerprint density at radius 1 is 1.00 bits per heavy atom. The van der Waals surface area contributed by atoms with Gasteiger partial charge in [0.15, 0.2) is 0 Å². The van der Waals surface area contributed by atoms with E-state index in [1.165, 1.54) is 0 Å². The van der Waals surface area contributed by atoms with Gasteiger partial charge in [0.05, 0.1) is 13.2 Å². The summed E-state index contributed by atoms with van der Waals surface area (Å²) in [5, 5.41) is 9.73. The molecule has 0 spiro atoms.